The molecule has 0 saturated heterocycles. The van der Waals surface area contributed by atoms with Gasteiger partial charge in [0.1, 0.15) is 12.0 Å². The Labute approximate surface area is 200 Å². The third-order valence-electron chi connectivity index (χ3n) is 5.72. The molecule has 11 heteroatoms. The van der Waals surface area contributed by atoms with Crippen LogP contribution in [0.5, 0.6) is 0 Å². The van der Waals surface area contributed by atoms with Gasteiger partial charge in [-0.05, 0) is 37.5 Å². The minimum Gasteiger partial charge on any atom is -0.342 e. The fraction of sp³-hybridized carbons (Fsp3) is 0.304. The summed E-state index contributed by atoms with van der Waals surface area (Å²) in [6.45, 7) is 8.22. The molecular weight excluding hydrogens is 450 g/mol. The lowest BCUT2D eigenvalue weighted by atomic mass is 10.1. The summed E-state index contributed by atoms with van der Waals surface area (Å²) in [6, 6.07) is 5.68. The van der Waals surface area contributed by atoms with Crippen LogP contribution < -0.4 is 5.32 Å². The molecule has 0 aliphatic heterocycles. The van der Waals surface area contributed by atoms with Gasteiger partial charge in [0.2, 0.25) is 0 Å². The second kappa shape index (κ2) is 8.82. The van der Waals surface area contributed by atoms with E-state index in [1.807, 2.05) is 29.8 Å². The van der Waals surface area contributed by atoms with Gasteiger partial charge in [0.25, 0.3) is 5.91 Å². The smallest absolute Gasteiger partial charge is 0.253 e. The Morgan fingerprint density at radius 1 is 1.24 bits per heavy atom. The summed E-state index contributed by atoms with van der Waals surface area (Å²) in [5.41, 5.74) is 3.73. The first kappa shape index (κ1) is 22.0. The molecule has 0 radical (unpaired) electrons. The fourth-order valence-electron chi connectivity index (χ4n) is 3.92. The summed E-state index contributed by atoms with van der Waals surface area (Å²) in [4.78, 5) is 23.4. The van der Waals surface area contributed by atoms with E-state index in [9.17, 15) is 4.79 Å². The number of amides is 1. The van der Waals surface area contributed by atoms with Gasteiger partial charge >= 0.3 is 0 Å². The second-order valence-corrected chi connectivity index (χ2v) is 9.68. The maximum Gasteiger partial charge on any atom is 0.253 e. The van der Waals surface area contributed by atoms with Gasteiger partial charge in [-0.1, -0.05) is 26.0 Å². The fourth-order valence-corrected chi connectivity index (χ4v) is 4.79. The summed E-state index contributed by atoms with van der Waals surface area (Å²) < 4.78 is 3.72. The SMILES string of the molecule is CC[C@H](NC(=O)c1cc(-n2nncc2C(C)C)c2ncc(-c3ccc(C)s3)n2c1)c1nnc[nH]1. The molecular formula is C23H25N9OS. The van der Waals surface area contributed by atoms with Crippen LogP contribution in [0.1, 0.15) is 65.9 Å². The van der Waals surface area contributed by atoms with Gasteiger partial charge < -0.3 is 10.3 Å². The first-order valence-corrected chi connectivity index (χ1v) is 11.9. The number of thiophene rings is 1. The van der Waals surface area contributed by atoms with Gasteiger partial charge in [0.05, 0.1) is 40.3 Å². The number of rotatable bonds is 7. The average molecular weight is 476 g/mol. The van der Waals surface area contributed by atoms with Crippen molar-refractivity contribution in [1.29, 1.82) is 0 Å². The van der Waals surface area contributed by atoms with Crippen molar-refractivity contribution in [1.82, 2.24) is 44.9 Å². The first-order valence-electron chi connectivity index (χ1n) is 11.1. The molecule has 10 nitrogen and oxygen atoms in total. The quantitative estimate of drug-likeness (QED) is 0.366. The molecule has 1 amide bonds. The topological polar surface area (TPSA) is 119 Å². The number of hydrogen-bond donors (Lipinski definition) is 2. The van der Waals surface area contributed by atoms with Gasteiger partial charge in [-0.15, -0.1) is 26.6 Å². The van der Waals surface area contributed by atoms with Gasteiger partial charge in [-0.2, -0.15) is 0 Å². The van der Waals surface area contributed by atoms with Crippen LogP contribution >= 0.6 is 11.3 Å². The van der Waals surface area contributed by atoms with Crippen molar-refractivity contribution in [2.45, 2.75) is 46.1 Å². The molecule has 34 heavy (non-hydrogen) atoms. The molecule has 0 saturated carbocycles. The molecule has 1 atom stereocenters. The minimum atomic E-state index is -0.283. The zero-order chi connectivity index (χ0) is 23.8. The van der Waals surface area contributed by atoms with Gasteiger partial charge in [0, 0.05) is 11.1 Å². The van der Waals surface area contributed by atoms with Crippen LogP contribution in [-0.4, -0.2) is 45.5 Å². The number of aromatic nitrogens is 8. The predicted molar refractivity (Wildman–Crippen MR) is 129 cm³/mol. The number of pyridine rings is 1. The molecule has 2 N–H and O–H groups in total. The monoisotopic (exact) mass is 475 g/mol. The van der Waals surface area contributed by atoms with Crippen molar-refractivity contribution < 1.29 is 4.79 Å². The molecule has 5 heterocycles. The van der Waals surface area contributed by atoms with Crippen LogP contribution in [-0.2, 0) is 0 Å². The van der Waals surface area contributed by atoms with Crippen molar-refractivity contribution in [3.05, 3.63) is 65.1 Å². The third-order valence-corrected chi connectivity index (χ3v) is 6.74. The van der Waals surface area contributed by atoms with E-state index < -0.39 is 0 Å². The lowest BCUT2D eigenvalue weighted by molar-refractivity contribution is 0.0933. The number of aromatic amines is 1. The zero-order valence-electron chi connectivity index (χ0n) is 19.4. The van der Waals surface area contributed by atoms with Crippen LogP contribution in [0, 0.1) is 6.92 Å². The minimum absolute atomic E-state index is 0.192. The molecule has 0 fully saturated rings. The van der Waals surface area contributed by atoms with Gasteiger partial charge in [-0.25, -0.2) is 9.67 Å². The van der Waals surface area contributed by atoms with Crippen molar-refractivity contribution in [2.75, 3.05) is 0 Å². The lowest BCUT2D eigenvalue weighted by Gasteiger charge is -2.16. The highest BCUT2D eigenvalue weighted by molar-refractivity contribution is 7.15. The second-order valence-electron chi connectivity index (χ2n) is 8.40. The molecule has 0 aromatic carbocycles. The number of carbonyl (C=O) groups excluding carboxylic acids is 1. The zero-order valence-corrected chi connectivity index (χ0v) is 20.2. The van der Waals surface area contributed by atoms with Crippen LogP contribution in [0.25, 0.3) is 21.9 Å². The Hall–Kier alpha value is -3.86. The van der Waals surface area contributed by atoms with E-state index in [1.165, 1.54) is 11.2 Å². The summed E-state index contributed by atoms with van der Waals surface area (Å²) in [6.07, 6.45) is 7.58. The number of fused-ring (bicyclic) bond motifs is 1. The summed E-state index contributed by atoms with van der Waals surface area (Å²) in [5.74, 6) is 0.588. The maximum atomic E-state index is 13.4. The molecule has 5 aromatic rings. The summed E-state index contributed by atoms with van der Waals surface area (Å²) >= 11 is 1.68. The molecule has 0 aliphatic carbocycles. The Bertz CT molecular complexity index is 1440. The maximum absolute atomic E-state index is 13.4. The third kappa shape index (κ3) is 3.87. The van der Waals surface area contributed by atoms with Crippen molar-refractivity contribution >= 4 is 22.9 Å². The predicted octanol–water partition coefficient (Wildman–Crippen LogP) is 4.07. The first-order chi connectivity index (χ1) is 16.5. The number of nitrogens with one attached hydrogen (secondary N) is 2. The van der Waals surface area contributed by atoms with E-state index in [0.29, 0.717) is 29.1 Å². The summed E-state index contributed by atoms with van der Waals surface area (Å²) in [7, 11) is 0. The molecule has 0 bridgehead atoms. The van der Waals surface area contributed by atoms with Crippen molar-refractivity contribution in [2.24, 2.45) is 0 Å². The number of nitrogens with zero attached hydrogens (tertiary/aromatic N) is 7. The Morgan fingerprint density at radius 2 is 2.09 bits per heavy atom. The van der Waals surface area contributed by atoms with E-state index in [0.717, 1.165) is 16.3 Å². The average Bonchev–Trinajstić information content (AvgIpc) is 3.62. The van der Waals surface area contributed by atoms with E-state index >= 15 is 0 Å². The molecule has 0 aliphatic rings. The number of carbonyl (C=O) groups is 1. The number of H-pyrrole nitrogens is 1. The van der Waals surface area contributed by atoms with E-state index in [4.69, 9.17) is 4.98 Å². The molecule has 174 valence electrons. The highest BCUT2D eigenvalue weighted by Gasteiger charge is 2.22. The van der Waals surface area contributed by atoms with E-state index in [-0.39, 0.29) is 17.9 Å². The lowest BCUT2D eigenvalue weighted by Crippen LogP contribution is -2.29. The van der Waals surface area contributed by atoms with E-state index in [2.05, 4.69) is 63.7 Å². The van der Waals surface area contributed by atoms with Crippen LogP contribution in [0.2, 0.25) is 0 Å². The Balaban J connectivity index is 1.65. The van der Waals surface area contributed by atoms with Crippen molar-refractivity contribution in [3.63, 3.8) is 0 Å². The van der Waals surface area contributed by atoms with Gasteiger partial charge in [0.15, 0.2) is 11.5 Å². The van der Waals surface area contributed by atoms with E-state index in [1.54, 1.807) is 22.2 Å². The van der Waals surface area contributed by atoms with Crippen LogP contribution in [0.3, 0.4) is 0 Å². The standard InChI is InChI=1S/C23H25N9OS/c1-5-16(21-25-12-27-29-21)28-23(33)15-8-17(32-18(13(2)3)10-26-30-32)22-24-9-19(31(22)11-15)20-7-6-14(4)34-20/h6-13,16H,5H2,1-4H3,(H,28,33)(H,25,27,29)/t16-/m0/s1. The molecule has 0 unspecified atom stereocenters. The Morgan fingerprint density at radius 3 is 2.76 bits per heavy atom. The highest BCUT2D eigenvalue weighted by Crippen LogP contribution is 2.31. The van der Waals surface area contributed by atoms with Crippen LogP contribution in [0.15, 0.2) is 43.1 Å². The molecule has 0 spiro atoms. The highest BCUT2D eigenvalue weighted by atomic mass is 32.1. The molecule has 5 aromatic heterocycles. The Kier molecular flexibility index (Phi) is 5.70. The number of hydrogen-bond acceptors (Lipinski definition) is 7. The van der Waals surface area contributed by atoms with Crippen molar-refractivity contribution in [3.8, 4) is 16.3 Å². The van der Waals surface area contributed by atoms with Crippen LogP contribution in [0.4, 0.5) is 0 Å². The summed E-state index contributed by atoms with van der Waals surface area (Å²) in [5, 5.41) is 19.4. The number of imidazole rings is 1. The number of aryl methyl sites for hydroxylation is 1. The van der Waals surface area contributed by atoms with Gasteiger partial charge in [-0.3, -0.25) is 9.20 Å². The largest absolute Gasteiger partial charge is 0.342 e. The normalized spacial score (nSPS) is 12.5. The molecule has 5 rings (SSSR count).